The third kappa shape index (κ3) is 5.35. The van der Waals surface area contributed by atoms with Crippen LogP contribution in [-0.2, 0) is 4.79 Å². The van der Waals surface area contributed by atoms with Gasteiger partial charge in [0.15, 0.2) is 11.0 Å². The molecule has 0 radical (unpaired) electrons. The van der Waals surface area contributed by atoms with Crippen LogP contribution in [0.4, 0.5) is 5.82 Å². The van der Waals surface area contributed by atoms with Gasteiger partial charge in [-0.1, -0.05) is 23.7 Å². The Labute approximate surface area is 171 Å². The van der Waals surface area contributed by atoms with E-state index in [0.29, 0.717) is 5.15 Å². The highest BCUT2D eigenvalue weighted by Gasteiger charge is 2.26. The smallest absolute Gasteiger partial charge is 0.223 e. The Bertz CT molecular complexity index is 789. The molecule has 1 atom stereocenters. The van der Waals surface area contributed by atoms with Gasteiger partial charge in [0.05, 0.1) is 12.1 Å². The molecule has 150 valence electrons. The topological polar surface area (TPSA) is 67.3 Å². The van der Waals surface area contributed by atoms with Crippen molar-refractivity contribution in [2.45, 2.75) is 45.8 Å². The van der Waals surface area contributed by atoms with Crippen molar-refractivity contribution in [2.24, 2.45) is 5.92 Å². The van der Waals surface area contributed by atoms with Crippen LogP contribution in [0.1, 0.15) is 45.2 Å². The minimum atomic E-state index is -0.0663. The quantitative estimate of drug-likeness (QED) is 0.790. The normalized spacial score (nSPS) is 16.1. The molecule has 1 N–H and O–H groups in total. The first-order valence-electron chi connectivity index (χ1n) is 9.73. The number of hydrogen-bond donors (Lipinski definition) is 1. The van der Waals surface area contributed by atoms with Crippen LogP contribution >= 0.6 is 11.6 Å². The molecule has 0 saturated carbocycles. The van der Waals surface area contributed by atoms with Crippen LogP contribution in [0.15, 0.2) is 36.4 Å². The maximum atomic E-state index is 12.7. The van der Waals surface area contributed by atoms with Crippen molar-refractivity contribution in [2.75, 3.05) is 18.0 Å². The summed E-state index contributed by atoms with van der Waals surface area (Å²) in [4.78, 5) is 14.9. The Balaban J connectivity index is 1.53. The number of rotatable bonds is 6. The first kappa shape index (κ1) is 20.4. The van der Waals surface area contributed by atoms with E-state index >= 15 is 0 Å². The van der Waals surface area contributed by atoms with Gasteiger partial charge in [0.1, 0.15) is 5.75 Å². The standard InChI is InChI=1S/C21H27ClN4O2/c1-14(2)28-18-6-4-5-17(13-18)15(3)23-21(27)16-9-11-26(12-10-16)20-8-7-19(22)24-25-20/h4-8,13-16H,9-12H2,1-3H3,(H,23,27). The van der Waals surface area contributed by atoms with Gasteiger partial charge < -0.3 is 15.0 Å². The predicted molar refractivity (Wildman–Crippen MR) is 111 cm³/mol. The zero-order valence-electron chi connectivity index (χ0n) is 16.6. The number of anilines is 1. The Hall–Kier alpha value is -2.34. The number of ether oxygens (including phenoxy) is 1. The number of hydrogen-bond acceptors (Lipinski definition) is 5. The summed E-state index contributed by atoms with van der Waals surface area (Å²) < 4.78 is 5.75. The molecule has 0 bridgehead atoms. The zero-order valence-corrected chi connectivity index (χ0v) is 17.3. The fourth-order valence-electron chi connectivity index (χ4n) is 3.39. The third-order valence-corrected chi connectivity index (χ3v) is 5.10. The molecule has 1 fully saturated rings. The third-order valence-electron chi connectivity index (χ3n) is 4.90. The van der Waals surface area contributed by atoms with Crippen LogP contribution in [0.2, 0.25) is 5.15 Å². The number of carbonyl (C=O) groups is 1. The van der Waals surface area contributed by atoms with Crippen molar-refractivity contribution in [1.82, 2.24) is 15.5 Å². The van der Waals surface area contributed by atoms with Gasteiger partial charge in [-0.05, 0) is 63.4 Å². The van der Waals surface area contributed by atoms with E-state index in [1.54, 1.807) is 6.07 Å². The van der Waals surface area contributed by atoms with E-state index in [1.807, 2.05) is 51.1 Å². The van der Waals surface area contributed by atoms with E-state index in [0.717, 1.165) is 43.1 Å². The number of benzene rings is 1. The molecule has 1 unspecified atom stereocenters. The molecule has 1 aromatic heterocycles. The van der Waals surface area contributed by atoms with Crippen LogP contribution in [0.3, 0.4) is 0 Å². The van der Waals surface area contributed by atoms with Gasteiger partial charge in [-0.15, -0.1) is 10.2 Å². The van der Waals surface area contributed by atoms with Gasteiger partial charge in [0, 0.05) is 19.0 Å². The van der Waals surface area contributed by atoms with E-state index in [2.05, 4.69) is 20.4 Å². The SMILES string of the molecule is CC(C)Oc1cccc(C(C)NC(=O)C2CCN(c3ccc(Cl)nn3)CC2)c1. The summed E-state index contributed by atoms with van der Waals surface area (Å²) in [5.74, 6) is 1.74. The monoisotopic (exact) mass is 402 g/mol. The highest BCUT2D eigenvalue weighted by molar-refractivity contribution is 6.29. The van der Waals surface area contributed by atoms with Crippen molar-refractivity contribution < 1.29 is 9.53 Å². The summed E-state index contributed by atoms with van der Waals surface area (Å²) in [5, 5.41) is 11.5. The Kier molecular flexibility index (Phi) is 6.73. The molecular weight excluding hydrogens is 376 g/mol. The van der Waals surface area contributed by atoms with E-state index in [1.165, 1.54) is 0 Å². The lowest BCUT2D eigenvalue weighted by molar-refractivity contribution is -0.126. The molecule has 1 aliphatic heterocycles. The van der Waals surface area contributed by atoms with Gasteiger partial charge in [-0.25, -0.2) is 0 Å². The number of piperidine rings is 1. The second-order valence-electron chi connectivity index (χ2n) is 7.44. The average molecular weight is 403 g/mol. The van der Waals surface area contributed by atoms with Crippen LogP contribution < -0.4 is 15.0 Å². The minimum absolute atomic E-state index is 0.00839. The molecular formula is C21H27ClN4O2. The molecule has 0 spiro atoms. The maximum Gasteiger partial charge on any atom is 0.223 e. The minimum Gasteiger partial charge on any atom is -0.491 e. The van der Waals surface area contributed by atoms with E-state index in [-0.39, 0.29) is 24.0 Å². The molecule has 0 aliphatic carbocycles. The van der Waals surface area contributed by atoms with E-state index in [9.17, 15) is 4.79 Å². The van der Waals surface area contributed by atoms with Gasteiger partial charge in [0.2, 0.25) is 5.91 Å². The maximum absolute atomic E-state index is 12.7. The van der Waals surface area contributed by atoms with Crippen molar-refractivity contribution in [3.63, 3.8) is 0 Å². The van der Waals surface area contributed by atoms with Crippen molar-refractivity contribution in [1.29, 1.82) is 0 Å². The van der Waals surface area contributed by atoms with Crippen molar-refractivity contribution >= 4 is 23.3 Å². The molecule has 2 heterocycles. The lowest BCUT2D eigenvalue weighted by atomic mass is 9.95. The Morgan fingerprint density at radius 3 is 2.57 bits per heavy atom. The van der Waals surface area contributed by atoms with Gasteiger partial charge in [-0.2, -0.15) is 0 Å². The average Bonchev–Trinajstić information content (AvgIpc) is 2.68. The summed E-state index contributed by atoms with van der Waals surface area (Å²) in [6.07, 6.45) is 1.70. The number of nitrogens with one attached hydrogen (secondary N) is 1. The van der Waals surface area contributed by atoms with Crippen molar-refractivity contribution in [3.05, 3.63) is 47.1 Å². The highest BCUT2D eigenvalue weighted by Crippen LogP contribution is 2.24. The number of halogens is 1. The second kappa shape index (κ2) is 9.24. The molecule has 28 heavy (non-hydrogen) atoms. The molecule has 3 rings (SSSR count). The fraction of sp³-hybridized carbons (Fsp3) is 0.476. The van der Waals surface area contributed by atoms with Crippen LogP contribution in [-0.4, -0.2) is 35.3 Å². The van der Waals surface area contributed by atoms with E-state index < -0.39 is 0 Å². The summed E-state index contributed by atoms with van der Waals surface area (Å²) in [6, 6.07) is 11.4. The summed E-state index contributed by atoms with van der Waals surface area (Å²) in [6.45, 7) is 7.56. The number of nitrogens with zero attached hydrogens (tertiary/aromatic N) is 3. The molecule has 1 amide bonds. The molecule has 2 aromatic rings. The zero-order chi connectivity index (χ0) is 20.1. The number of aromatic nitrogens is 2. The fourth-order valence-corrected chi connectivity index (χ4v) is 3.49. The van der Waals surface area contributed by atoms with Gasteiger partial charge in [-0.3, -0.25) is 4.79 Å². The number of amides is 1. The lowest BCUT2D eigenvalue weighted by Crippen LogP contribution is -2.41. The van der Waals surface area contributed by atoms with E-state index in [4.69, 9.17) is 16.3 Å². The van der Waals surface area contributed by atoms with Crippen LogP contribution in [0.25, 0.3) is 0 Å². The molecule has 1 aliphatic rings. The lowest BCUT2D eigenvalue weighted by Gasteiger charge is -2.32. The summed E-state index contributed by atoms with van der Waals surface area (Å²) >= 11 is 5.80. The van der Waals surface area contributed by atoms with Crippen LogP contribution in [0.5, 0.6) is 5.75 Å². The molecule has 1 aromatic carbocycles. The van der Waals surface area contributed by atoms with Crippen molar-refractivity contribution in [3.8, 4) is 5.75 Å². The first-order valence-corrected chi connectivity index (χ1v) is 10.1. The van der Waals surface area contributed by atoms with Crippen LogP contribution in [0, 0.1) is 5.92 Å². The number of carbonyl (C=O) groups excluding carboxylic acids is 1. The van der Waals surface area contributed by atoms with Gasteiger partial charge >= 0.3 is 0 Å². The predicted octanol–water partition coefficient (Wildman–Crippen LogP) is 4.01. The molecule has 6 nitrogen and oxygen atoms in total. The van der Waals surface area contributed by atoms with Gasteiger partial charge in [0.25, 0.3) is 0 Å². The summed E-state index contributed by atoms with van der Waals surface area (Å²) in [7, 11) is 0. The Morgan fingerprint density at radius 2 is 1.93 bits per heavy atom. The molecule has 1 saturated heterocycles. The highest BCUT2D eigenvalue weighted by atomic mass is 35.5. The second-order valence-corrected chi connectivity index (χ2v) is 7.83. The molecule has 7 heteroatoms. The first-order chi connectivity index (χ1) is 13.4. The summed E-state index contributed by atoms with van der Waals surface area (Å²) in [5.41, 5.74) is 1.04. The largest absolute Gasteiger partial charge is 0.491 e. The Morgan fingerprint density at radius 1 is 1.18 bits per heavy atom.